The van der Waals surface area contributed by atoms with Crippen LogP contribution in [0.4, 0.5) is 4.39 Å². The number of amides is 2. The molecule has 1 aromatic carbocycles. The van der Waals surface area contributed by atoms with Crippen molar-refractivity contribution < 1.29 is 18.7 Å². The number of hydrogen-bond donors (Lipinski definition) is 0. The Morgan fingerprint density at radius 3 is 2.67 bits per heavy atom. The molecule has 24 heavy (non-hydrogen) atoms. The van der Waals surface area contributed by atoms with Crippen LogP contribution in [0, 0.1) is 5.82 Å². The van der Waals surface area contributed by atoms with Crippen LogP contribution in [0.25, 0.3) is 0 Å². The second-order valence-electron chi connectivity index (χ2n) is 5.92. The lowest BCUT2D eigenvalue weighted by atomic mass is 10.2. The maximum atomic E-state index is 13.1. The number of hydrogen-bond acceptors (Lipinski definition) is 4. The average molecular weight is 354 g/mol. The molecule has 1 saturated heterocycles. The third kappa shape index (κ3) is 4.48. The first-order valence-corrected chi connectivity index (χ1v) is 8.94. The molecule has 2 amide bonds. The predicted octanol–water partition coefficient (Wildman–Crippen LogP) is 2.28. The summed E-state index contributed by atoms with van der Waals surface area (Å²) >= 11 is 1.52. The third-order valence-electron chi connectivity index (χ3n) is 3.92. The van der Waals surface area contributed by atoms with Crippen LogP contribution in [0.1, 0.15) is 24.8 Å². The molecule has 0 bridgehead atoms. The molecule has 0 saturated carbocycles. The highest BCUT2D eigenvalue weighted by atomic mass is 32.2. The highest BCUT2D eigenvalue weighted by Crippen LogP contribution is 2.38. The summed E-state index contributed by atoms with van der Waals surface area (Å²) in [6, 6.07) is 6.24. The van der Waals surface area contributed by atoms with E-state index in [4.69, 9.17) is 4.74 Å². The molecule has 2 rings (SSSR count). The maximum absolute atomic E-state index is 13.1. The Bertz CT molecular complexity index is 580. The Morgan fingerprint density at radius 2 is 2.08 bits per heavy atom. The molecule has 1 aromatic rings. The summed E-state index contributed by atoms with van der Waals surface area (Å²) in [4.78, 5) is 27.8. The van der Waals surface area contributed by atoms with Crippen LogP contribution >= 0.6 is 11.8 Å². The molecule has 1 heterocycles. The summed E-state index contributed by atoms with van der Waals surface area (Å²) in [6.45, 7) is 4.80. The number of benzene rings is 1. The Hall–Kier alpha value is -1.60. The lowest BCUT2D eigenvalue weighted by Crippen LogP contribution is -2.44. The largest absolute Gasteiger partial charge is 0.375 e. The SMILES string of the molecule is COCC(=O)N(CCN1C(=O)CS[C@@H]1c1ccc(F)cc1)C(C)C. The second-order valence-corrected chi connectivity index (χ2v) is 6.98. The number of nitrogens with zero attached hydrogens (tertiary/aromatic N) is 2. The summed E-state index contributed by atoms with van der Waals surface area (Å²) in [5.41, 5.74) is 0.895. The topological polar surface area (TPSA) is 49.9 Å². The number of carbonyl (C=O) groups excluding carboxylic acids is 2. The number of methoxy groups -OCH3 is 1. The van der Waals surface area contributed by atoms with Crippen molar-refractivity contribution in [3.63, 3.8) is 0 Å². The lowest BCUT2D eigenvalue weighted by molar-refractivity contribution is -0.138. The number of halogens is 1. The number of ether oxygens (including phenoxy) is 1. The van der Waals surface area contributed by atoms with Crippen molar-refractivity contribution in [1.82, 2.24) is 9.80 Å². The van der Waals surface area contributed by atoms with Gasteiger partial charge in [0.05, 0.1) is 5.75 Å². The molecule has 5 nitrogen and oxygen atoms in total. The van der Waals surface area contributed by atoms with E-state index in [-0.39, 0.29) is 35.7 Å². The Labute approximate surface area is 146 Å². The molecule has 0 aromatic heterocycles. The first kappa shape index (κ1) is 18.7. The van der Waals surface area contributed by atoms with Gasteiger partial charge >= 0.3 is 0 Å². The summed E-state index contributed by atoms with van der Waals surface area (Å²) in [5.74, 6) is 0.0496. The van der Waals surface area contributed by atoms with Gasteiger partial charge in [-0.05, 0) is 31.5 Å². The van der Waals surface area contributed by atoms with Crippen molar-refractivity contribution in [2.75, 3.05) is 32.6 Å². The molecule has 0 spiro atoms. The average Bonchev–Trinajstić information content (AvgIpc) is 2.89. The molecule has 132 valence electrons. The van der Waals surface area contributed by atoms with E-state index in [1.54, 1.807) is 21.9 Å². The minimum absolute atomic E-state index is 0.0299. The fraction of sp³-hybridized carbons (Fsp3) is 0.529. The van der Waals surface area contributed by atoms with Gasteiger partial charge in [0.2, 0.25) is 11.8 Å². The number of carbonyl (C=O) groups is 2. The van der Waals surface area contributed by atoms with Gasteiger partial charge in [0.25, 0.3) is 0 Å². The van der Waals surface area contributed by atoms with Crippen molar-refractivity contribution in [3.8, 4) is 0 Å². The van der Waals surface area contributed by atoms with Crippen LogP contribution in [0.3, 0.4) is 0 Å². The Morgan fingerprint density at radius 1 is 1.42 bits per heavy atom. The van der Waals surface area contributed by atoms with E-state index in [0.29, 0.717) is 18.8 Å². The van der Waals surface area contributed by atoms with Gasteiger partial charge in [-0.25, -0.2) is 4.39 Å². The van der Waals surface area contributed by atoms with Crippen molar-refractivity contribution in [2.45, 2.75) is 25.3 Å². The quantitative estimate of drug-likeness (QED) is 0.754. The van der Waals surface area contributed by atoms with E-state index >= 15 is 0 Å². The lowest BCUT2D eigenvalue weighted by Gasteiger charge is -2.31. The van der Waals surface area contributed by atoms with E-state index in [2.05, 4.69) is 0 Å². The first-order valence-electron chi connectivity index (χ1n) is 7.89. The molecule has 0 aliphatic carbocycles. The van der Waals surface area contributed by atoms with Crippen LogP contribution in [0.2, 0.25) is 0 Å². The van der Waals surface area contributed by atoms with Crippen LogP contribution in [-0.2, 0) is 14.3 Å². The van der Waals surface area contributed by atoms with Gasteiger partial charge in [0, 0.05) is 26.2 Å². The van der Waals surface area contributed by atoms with Crippen molar-refractivity contribution in [1.29, 1.82) is 0 Å². The monoisotopic (exact) mass is 354 g/mol. The fourth-order valence-corrected chi connectivity index (χ4v) is 3.91. The van der Waals surface area contributed by atoms with Gasteiger partial charge in [-0.1, -0.05) is 12.1 Å². The smallest absolute Gasteiger partial charge is 0.248 e. The normalized spacial score (nSPS) is 17.6. The second kappa shape index (κ2) is 8.48. The van der Waals surface area contributed by atoms with Gasteiger partial charge in [0.15, 0.2) is 0 Å². The minimum atomic E-state index is -0.296. The van der Waals surface area contributed by atoms with Crippen LogP contribution in [0.15, 0.2) is 24.3 Å². The predicted molar refractivity (Wildman–Crippen MR) is 92.0 cm³/mol. The molecule has 7 heteroatoms. The molecular formula is C17H23FN2O3S. The number of rotatable bonds is 7. The summed E-state index contributed by atoms with van der Waals surface area (Å²) < 4.78 is 18.0. The molecule has 0 radical (unpaired) electrons. The zero-order valence-corrected chi connectivity index (χ0v) is 15.0. The van der Waals surface area contributed by atoms with Crippen LogP contribution < -0.4 is 0 Å². The summed E-state index contributed by atoms with van der Waals surface area (Å²) in [5, 5.41) is -0.135. The molecule has 0 N–H and O–H groups in total. The van der Waals surface area contributed by atoms with Crippen LogP contribution in [0.5, 0.6) is 0 Å². The highest BCUT2D eigenvalue weighted by Gasteiger charge is 2.33. The van der Waals surface area contributed by atoms with Crippen molar-refractivity contribution >= 4 is 23.6 Å². The Balaban J connectivity index is 2.06. The molecular weight excluding hydrogens is 331 g/mol. The molecule has 1 fully saturated rings. The standard InChI is InChI=1S/C17H23FN2O3S/c1-12(2)19(15(21)10-23-3)8-9-20-16(22)11-24-17(20)13-4-6-14(18)7-5-13/h4-7,12,17H,8-11H2,1-3H3/t17-/m1/s1. The fourth-order valence-electron chi connectivity index (χ4n) is 2.69. The zero-order valence-electron chi connectivity index (χ0n) is 14.2. The number of thioether (sulfide) groups is 1. The van der Waals surface area contributed by atoms with E-state index in [0.717, 1.165) is 5.56 Å². The van der Waals surface area contributed by atoms with Crippen LogP contribution in [-0.4, -0.2) is 60.2 Å². The molecule has 1 atom stereocenters. The molecule has 1 aliphatic rings. The summed E-state index contributed by atoms with van der Waals surface area (Å²) in [7, 11) is 1.49. The van der Waals surface area contributed by atoms with Gasteiger partial charge < -0.3 is 14.5 Å². The van der Waals surface area contributed by atoms with Gasteiger partial charge in [-0.15, -0.1) is 11.8 Å². The van der Waals surface area contributed by atoms with E-state index < -0.39 is 0 Å². The van der Waals surface area contributed by atoms with Crippen molar-refractivity contribution in [3.05, 3.63) is 35.6 Å². The third-order valence-corrected chi connectivity index (χ3v) is 5.17. The maximum Gasteiger partial charge on any atom is 0.248 e. The van der Waals surface area contributed by atoms with E-state index in [1.165, 1.54) is 31.0 Å². The first-order chi connectivity index (χ1) is 11.4. The summed E-state index contributed by atoms with van der Waals surface area (Å²) in [6.07, 6.45) is 0. The van der Waals surface area contributed by atoms with E-state index in [9.17, 15) is 14.0 Å². The van der Waals surface area contributed by atoms with Crippen molar-refractivity contribution in [2.24, 2.45) is 0 Å². The highest BCUT2D eigenvalue weighted by molar-refractivity contribution is 8.00. The van der Waals surface area contributed by atoms with Gasteiger partial charge in [0.1, 0.15) is 17.8 Å². The molecule has 0 unspecified atom stereocenters. The Kier molecular flexibility index (Phi) is 6.62. The zero-order chi connectivity index (χ0) is 17.7. The van der Waals surface area contributed by atoms with Gasteiger partial charge in [-0.3, -0.25) is 9.59 Å². The molecule has 1 aliphatic heterocycles. The minimum Gasteiger partial charge on any atom is -0.375 e. The van der Waals surface area contributed by atoms with Gasteiger partial charge in [-0.2, -0.15) is 0 Å². The van der Waals surface area contributed by atoms with E-state index in [1.807, 2.05) is 13.8 Å².